The molecule has 3 rings (SSSR count). The molecule has 1 aliphatic carbocycles. The lowest BCUT2D eigenvalue weighted by Crippen LogP contribution is -2.60. The summed E-state index contributed by atoms with van der Waals surface area (Å²) in [6, 6.07) is -1.26. The first-order chi connectivity index (χ1) is 19.6. The van der Waals surface area contributed by atoms with Crippen LogP contribution in [0.25, 0.3) is 0 Å². The van der Waals surface area contributed by atoms with Gasteiger partial charge in [-0.15, -0.1) is 0 Å². The molecule has 0 aromatic rings. The summed E-state index contributed by atoms with van der Waals surface area (Å²) in [4.78, 5) is 59.8. The first-order valence-electron chi connectivity index (χ1n) is 16.3. The molecule has 42 heavy (non-hydrogen) atoms. The van der Waals surface area contributed by atoms with Gasteiger partial charge in [0.1, 0.15) is 12.1 Å². The van der Waals surface area contributed by atoms with Crippen molar-refractivity contribution in [3.8, 4) is 0 Å². The SMILES string of the molecule is C/C(=C\[C@H](C(C)C)N(C)C(=O)[C@@H](NC(=O)C1CCCCN1C(C)C)C(C)(C)C)C(=O)N1CCC[C@H]1C(=O)NC1CCC1. The summed E-state index contributed by atoms with van der Waals surface area (Å²) in [7, 11) is 1.76. The Bertz CT molecular complexity index is 1010. The molecule has 2 heterocycles. The zero-order valence-electron chi connectivity index (χ0n) is 27.7. The molecule has 2 saturated heterocycles. The second kappa shape index (κ2) is 14.4. The van der Waals surface area contributed by atoms with Crippen molar-refractivity contribution in [1.29, 1.82) is 0 Å². The Labute approximate surface area is 254 Å². The van der Waals surface area contributed by atoms with Crippen LogP contribution in [-0.2, 0) is 19.2 Å². The number of piperidine rings is 1. The molecule has 2 N–H and O–H groups in total. The van der Waals surface area contributed by atoms with E-state index in [4.69, 9.17) is 0 Å². The summed E-state index contributed by atoms with van der Waals surface area (Å²) in [5.41, 5.74) is 0.0215. The Kier molecular flexibility index (Phi) is 11.7. The monoisotopic (exact) mass is 587 g/mol. The number of carbonyl (C=O) groups is 4. The number of hydrogen-bond acceptors (Lipinski definition) is 5. The fourth-order valence-corrected chi connectivity index (χ4v) is 6.53. The zero-order chi connectivity index (χ0) is 31.4. The van der Waals surface area contributed by atoms with E-state index in [1.165, 1.54) is 0 Å². The van der Waals surface area contributed by atoms with Gasteiger partial charge >= 0.3 is 0 Å². The van der Waals surface area contributed by atoms with Crippen LogP contribution in [0.1, 0.15) is 107 Å². The first-order valence-corrected chi connectivity index (χ1v) is 16.3. The Morgan fingerprint density at radius 3 is 2.05 bits per heavy atom. The molecule has 0 aromatic carbocycles. The third-order valence-electron chi connectivity index (χ3n) is 9.41. The van der Waals surface area contributed by atoms with Crippen molar-refractivity contribution in [1.82, 2.24) is 25.3 Å². The van der Waals surface area contributed by atoms with Crippen LogP contribution in [0.15, 0.2) is 11.6 Å². The molecule has 2 aliphatic heterocycles. The van der Waals surface area contributed by atoms with Gasteiger partial charge in [0.15, 0.2) is 0 Å². The molecular weight excluding hydrogens is 530 g/mol. The molecule has 0 aromatic heterocycles. The normalized spacial score (nSPS) is 23.9. The molecule has 3 aliphatic rings. The fourth-order valence-electron chi connectivity index (χ4n) is 6.53. The average Bonchev–Trinajstić information content (AvgIpc) is 3.40. The molecule has 0 spiro atoms. The van der Waals surface area contributed by atoms with Gasteiger partial charge in [0.25, 0.3) is 0 Å². The molecule has 9 nitrogen and oxygen atoms in total. The minimum Gasteiger partial charge on any atom is -0.352 e. The molecule has 9 heteroatoms. The van der Waals surface area contributed by atoms with E-state index in [9.17, 15) is 19.2 Å². The average molecular weight is 588 g/mol. The molecule has 1 unspecified atom stereocenters. The van der Waals surface area contributed by atoms with E-state index in [0.29, 0.717) is 18.5 Å². The van der Waals surface area contributed by atoms with Gasteiger partial charge < -0.3 is 20.4 Å². The van der Waals surface area contributed by atoms with Crippen LogP contribution in [0, 0.1) is 11.3 Å². The predicted octanol–water partition coefficient (Wildman–Crippen LogP) is 3.87. The number of likely N-dealkylation sites (N-methyl/N-ethyl adjacent to an activating group) is 1. The van der Waals surface area contributed by atoms with E-state index in [1.807, 2.05) is 40.7 Å². The van der Waals surface area contributed by atoms with Crippen molar-refractivity contribution in [2.75, 3.05) is 20.1 Å². The van der Waals surface area contributed by atoms with Crippen molar-refractivity contribution in [2.24, 2.45) is 11.3 Å². The van der Waals surface area contributed by atoms with Crippen LogP contribution in [-0.4, -0.2) is 94.7 Å². The highest BCUT2D eigenvalue weighted by Gasteiger charge is 2.40. The molecule has 0 radical (unpaired) electrons. The van der Waals surface area contributed by atoms with Gasteiger partial charge in [-0.05, 0) is 83.6 Å². The third-order valence-corrected chi connectivity index (χ3v) is 9.41. The highest BCUT2D eigenvalue weighted by atomic mass is 16.2. The zero-order valence-corrected chi connectivity index (χ0v) is 27.7. The molecule has 4 amide bonds. The van der Waals surface area contributed by atoms with Gasteiger partial charge in [-0.25, -0.2) is 0 Å². The number of rotatable bonds is 10. The number of nitrogens with one attached hydrogen (secondary N) is 2. The predicted molar refractivity (Wildman–Crippen MR) is 167 cm³/mol. The number of nitrogens with zero attached hydrogens (tertiary/aromatic N) is 3. The Hall–Kier alpha value is -2.42. The molecule has 3 fully saturated rings. The lowest BCUT2D eigenvalue weighted by Gasteiger charge is -2.41. The topological polar surface area (TPSA) is 102 Å². The summed E-state index contributed by atoms with van der Waals surface area (Å²) in [5, 5.41) is 6.24. The van der Waals surface area contributed by atoms with Crippen molar-refractivity contribution >= 4 is 23.6 Å². The first kappa shape index (κ1) is 34.1. The second-order valence-electron chi connectivity index (χ2n) is 14.5. The van der Waals surface area contributed by atoms with Crippen molar-refractivity contribution in [2.45, 2.75) is 143 Å². The van der Waals surface area contributed by atoms with Crippen LogP contribution in [0.3, 0.4) is 0 Å². The molecule has 1 saturated carbocycles. The lowest BCUT2D eigenvalue weighted by atomic mass is 9.84. The Morgan fingerprint density at radius 2 is 1.50 bits per heavy atom. The standard InChI is InChI=1S/C33H57N5O4/c1-21(2)27(20-23(5)31(41)38-19-13-17-26(38)29(39)34-24-14-12-15-24)36(9)32(42)28(33(6,7)8)35-30(40)25-16-10-11-18-37(25)22(3)4/h20-22,24-28H,10-19H2,1-9H3,(H,34,39)(H,35,40)/b23-20+/t25?,26-,27+,28+/m0/s1. The van der Waals surface area contributed by atoms with Crippen LogP contribution in [0.4, 0.5) is 0 Å². The fraction of sp³-hybridized carbons (Fsp3) is 0.818. The largest absolute Gasteiger partial charge is 0.352 e. The summed E-state index contributed by atoms with van der Waals surface area (Å²) in [6.45, 7) is 17.4. The Balaban J connectivity index is 1.76. The summed E-state index contributed by atoms with van der Waals surface area (Å²) in [5.74, 6) is -0.433. The Morgan fingerprint density at radius 1 is 0.857 bits per heavy atom. The number of carbonyl (C=O) groups excluding carboxylic acids is 4. The van der Waals surface area contributed by atoms with E-state index in [1.54, 1.807) is 23.8 Å². The second-order valence-corrected chi connectivity index (χ2v) is 14.5. The number of hydrogen-bond donors (Lipinski definition) is 2. The summed E-state index contributed by atoms with van der Waals surface area (Å²) < 4.78 is 0. The number of likely N-dealkylation sites (tertiary alicyclic amines) is 2. The van der Waals surface area contributed by atoms with E-state index >= 15 is 0 Å². The molecule has 238 valence electrons. The van der Waals surface area contributed by atoms with Crippen molar-refractivity contribution in [3.63, 3.8) is 0 Å². The highest BCUT2D eigenvalue weighted by Crippen LogP contribution is 2.27. The van der Waals surface area contributed by atoms with E-state index in [-0.39, 0.29) is 53.7 Å². The van der Waals surface area contributed by atoms with Crippen molar-refractivity contribution in [3.05, 3.63) is 11.6 Å². The molecule has 4 atom stereocenters. The van der Waals surface area contributed by atoms with Crippen LogP contribution in [0.5, 0.6) is 0 Å². The molecular formula is C33H57N5O4. The van der Waals surface area contributed by atoms with Crippen LogP contribution >= 0.6 is 0 Å². The summed E-state index contributed by atoms with van der Waals surface area (Å²) >= 11 is 0. The van der Waals surface area contributed by atoms with Gasteiger partial charge in [-0.3, -0.25) is 24.1 Å². The van der Waals surface area contributed by atoms with Crippen molar-refractivity contribution < 1.29 is 19.2 Å². The lowest BCUT2D eigenvalue weighted by molar-refractivity contribution is -0.142. The van der Waals surface area contributed by atoms with Gasteiger partial charge in [-0.1, -0.05) is 47.1 Å². The van der Waals surface area contributed by atoms with Gasteiger partial charge in [0.05, 0.1) is 12.1 Å². The maximum Gasteiger partial charge on any atom is 0.249 e. The van der Waals surface area contributed by atoms with Gasteiger partial charge in [0, 0.05) is 31.2 Å². The van der Waals surface area contributed by atoms with Crippen LogP contribution in [0.2, 0.25) is 0 Å². The minimum absolute atomic E-state index is 0.0316. The smallest absolute Gasteiger partial charge is 0.249 e. The third kappa shape index (κ3) is 8.14. The molecule has 0 bridgehead atoms. The summed E-state index contributed by atoms with van der Waals surface area (Å²) in [6.07, 6.45) is 9.37. The highest BCUT2D eigenvalue weighted by molar-refractivity contribution is 5.97. The quantitative estimate of drug-likeness (QED) is 0.378. The maximum absolute atomic E-state index is 14.1. The van der Waals surface area contributed by atoms with E-state index < -0.39 is 17.5 Å². The maximum atomic E-state index is 14.1. The van der Waals surface area contributed by atoms with Gasteiger partial charge in [-0.2, -0.15) is 0 Å². The minimum atomic E-state index is -0.713. The van der Waals surface area contributed by atoms with Crippen LogP contribution < -0.4 is 10.6 Å². The number of amides is 4. The van der Waals surface area contributed by atoms with E-state index in [2.05, 4.69) is 29.4 Å². The van der Waals surface area contributed by atoms with E-state index in [0.717, 1.165) is 51.5 Å². The van der Waals surface area contributed by atoms with Gasteiger partial charge in [0.2, 0.25) is 23.6 Å².